The summed E-state index contributed by atoms with van der Waals surface area (Å²) in [6.45, 7) is 17.1. The van der Waals surface area contributed by atoms with Crippen molar-refractivity contribution in [2.75, 3.05) is 26.4 Å². The standard InChI is InChI=1S/C17H33N2O2/c1-16(2,3)7-11-20-13-14-21-12-10-18-8-9-19(15-18)17(4,5)6/h8-9,15H,7,10-14H2,1-6H3/q+1. The van der Waals surface area contributed by atoms with Crippen LogP contribution in [-0.4, -0.2) is 31.0 Å². The Morgan fingerprint density at radius 1 is 0.905 bits per heavy atom. The smallest absolute Gasteiger partial charge is 0.244 e. The first kappa shape index (κ1) is 18.2. The molecule has 4 heteroatoms. The van der Waals surface area contributed by atoms with Crippen molar-refractivity contribution in [2.24, 2.45) is 5.41 Å². The van der Waals surface area contributed by atoms with Crippen LogP contribution in [0.4, 0.5) is 0 Å². The molecule has 0 atom stereocenters. The molecule has 0 saturated carbocycles. The Balaban J connectivity index is 2.06. The first-order chi connectivity index (χ1) is 9.68. The minimum atomic E-state index is 0.132. The molecule has 122 valence electrons. The fraction of sp³-hybridized carbons (Fsp3) is 0.824. The van der Waals surface area contributed by atoms with Crippen LogP contribution in [0.2, 0.25) is 0 Å². The van der Waals surface area contributed by atoms with E-state index in [4.69, 9.17) is 9.47 Å². The van der Waals surface area contributed by atoms with Gasteiger partial charge < -0.3 is 9.47 Å². The van der Waals surface area contributed by atoms with E-state index in [0.717, 1.165) is 26.2 Å². The highest BCUT2D eigenvalue weighted by molar-refractivity contribution is 4.78. The van der Waals surface area contributed by atoms with Gasteiger partial charge in [0.05, 0.1) is 19.8 Å². The van der Waals surface area contributed by atoms with E-state index < -0.39 is 0 Å². The first-order valence-electron chi connectivity index (χ1n) is 7.91. The fourth-order valence-corrected chi connectivity index (χ4v) is 1.79. The normalized spacial score (nSPS) is 12.9. The molecule has 0 radical (unpaired) electrons. The second kappa shape index (κ2) is 7.95. The highest BCUT2D eigenvalue weighted by Crippen LogP contribution is 2.17. The Kier molecular flexibility index (Phi) is 6.88. The van der Waals surface area contributed by atoms with Gasteiger partial charge in [-0.1, -0.05) is 20.8 Å². The van der Waals surface area contributed by atoms with E-state index in [1.807, 2.05) is 0 Å². The number of imidazole rings is 1. The largest absolute Gasteiger partial charge is 0.379 e. The highest BCUT2D eigenvalue weighted by Gasteiger charge is 2.18. The second-order valence-electron chi connectivity index (χ2n) is 7.76. The summed E-state index contributed by atoms with van der Waals surface area (Å²) in [5, 5.41) is 0. The van der Waals surface area contributed by atoms with Crippen LogP contribution in [0.25, 0.3) is 0 Å². The fourth-order valence-electron chi connectivity index (χ4n) is 1.79. The zero-order valence-corrected chi connectivity index (χ0v) is 14.7. The van der Waals surface area contributed by atoms with E-state index in [1.54, 1.807) is 0 Å². The summed E-state index contributed by atoms with van der Waals surface area (Å²) in [4.78, 5) is 0. The highest BCUT2D eigenvalue weighted by atomic mass is 16.5. The van der Waals surface area contributed by atoms with Crippen LogP contribution in [0.5, 0.6) is 0 Å². The molecule has 0 aliphatic heterocycles. The van der Waals surface area contributed by atoms with E-state index in [1.165, 1.54) is 0 Å². The lowest BCUT2D eigenvalue weighted by molar-refractivity contribution is -0.698. The summed E-state index contributed by atoms with van der Waals surface area (Å²) in [7, 11) is 0. The molecule has 1 aromatic rings. The molecule has 0 aliphatic rings. The van der Waals surface area contributed by atoms with Gasteiger partial charge in [0.2, 0.25) is 6.33 Å². The summed E-state index contributed by atoms with van der Waals surface area (Å²) in [5.74, 6) is 0. The van der Waals surface area contributed by atoms with Gasteiger partial charge >= 0.3 is 0 Å². The first-order valence-corrected chi connectivity index (χ1v) is 7.91. The maximum absolute atomic E-state index is 5.61. The van der Waals surface area contributed by atoms with Gasteiger partial charge in [-0.15, -0.1) is 0 Å². The van der Waals surface area contributed by atoms with Crippen LogP contribution in [0.15, 0.2) is 18.7 Å². The van der Waals surface area contributed by atoms with Gasteiger partial charge in [-0.05, 0) is 32.6 Å². The van der Waals surface area contributed by atoms with E-state index in [2.05, 4.69) is 69.4 Å². The van der Waals surface area contributed by atoms with Gasteiger partial charge in [0.15, 0.2) is 0 Å². The van der Waals surface area contributed by atoms with Crippen LogP contribution in [0.1, 0.15) is 48.0 Å². The van der Waals surface area contributed by atoms with Crippen LogP contribution >= 0.6 is 0 Å². The number of nitrogens with zero attached hydrogens (tertiary/aromatic N) is 2. The van der Waals surface area contributed by atoms with Gasteiger partial charge in [0.25, 0.3) is 0 Å². The Hall–Kier alpha value is -0.870. The number of ether oxygens (including phenoxy) is 2. The van der Waals surface area contributed by atoms with Gasteiger partial charge in [-0.3, -0.25) is 0 Å². The maximum Gasteiger partial charge on any atom is 0.244 e. The molecule has 21 heavy (non-hydrogen) atoms. The predicted molar refractivity (Wildman–Crippen MR) is 85.3 cm³/mol. The molecular formula is C17H33N2O2+. The monoisotopic (exact) mass is 297 g/mol. The average molecular weight is 297 g/mol. The molecule has 1 rings (SSSR count). The molecule has 0 fully saturated rings. The van der Waals surface area contributed by atoms with Crippen molar-refractivity contribution in [3.63, 3.8) is 0 Å². The van der Waals surface area contributed by atoms with Gasteiger partial charge in [-0.2, -0.15) is 0 Å². The molecule has 0 amide bonds. The zero-order valence-electron chi connectivity index (χ0n) is 14.7. The molecule has 1 aromatic heterocycles. The van der Waals surface area contributed by atoms with Crippen molar-refractivity contribution in [1.82, 2.24) is 4.57 Å². The quantitative estimate of drug-likeness (QED) is 0.545. The minimum Gasteiger partial charge on any atom is -0.379 e. The van der Waals surface area contributed by atoms with E-state index in [-0.39, 0.29) is 5.54 Å². The Morgan fingerprint density at radius 3 is 2.05 bits per heavy atom. The second-order valence-corrected chi connectivity index (χ2v) is 7.76. The van der Waals surface area contributed by atoms with Crippen molar-refractivity contribution in [2.45, 2.75) is 60.0 Å². The third-order valence-corrected chi connectivity index (χ3v) is 3.33. The lowest BCUT2D eigenvalue weighted by Gasteiger charge is -2.17. The Labute approximate surface area is 130 Å². The molecule has 4 nitrogen and oxygen atoms in total. The minimum absolute atomic E-state index is 0.132. The van der Waals surface area contributed by atoms with Gasteiger partial charge in [0, 0.05) is 6.61 Å². The average Bonchev–Trinajstić information content (AvgIpc) is 2.79. The van der Waals surface area contributed by atoms with Crippen LogP contribution in [0, 0.1) is 5.41 Å². The molecule has 0 saturated heterocycles. The molecule has 0 bridgehead atoms. The molecule has 0 aromatic carbocycles. The maximum atomic E-state index is 5.61. The number of aromatic nitrogens is 2. The van der Waals surface area contributed by atoms with Crippen molar-refractivity contribution in [3.05, 3.63) is 18.7 Å². The third kappa shape index (κ3) is 8.22. The van der Waals surface area contributed by atoms with Crippen LogP contribution < -0.4 is 4.57 Å². The summed E-state index contributed by atoms with van der Waals surface area (Å²) in [6.07, 6.45) is 7.41. The summed E-state index contributed by atoms with van der Waals surface area (Å²) >= 11 is 0. The summed E-state index contributed by atoms with van der Waals surface area (Å²) in [5.41, 5.74) is 0.477. The molecule has 0 N–H and O–H groups in total. The number of rotatable bonds is 8. The van der Waals surface area contributed by atoms with Crippen molar-refractivity contribution >= 4 is 0 Å². The topological polar surface area (TPSA) is 27.3 Å². The van der Waals surface area contributed by atoms with Crippen molar-refractivity contribution in [1.29, 1.82) is 0 Å². The summed E-state index contributed by atoms with van der Waals surface area (Å²) in [6, 6.07) is 0. The van der Waals surface area contributed by atoms with Crippen molar-refractivity contribution in [3.8, 4) is 0 Å². The SMILES string of the molecule is CC(C)(C)CCOCCOCC[n+]1ccn(C(C)(C)C)c1. The Morgan fingerprint density at radius 2 is 1.52 bits per heavy atom. The molecule has 0 spiro atoms. The molecule has 0 aliphatic carbocycles. The van der Waals surface area contributed by atoms with Gasteiger partial charge in [-0.25, -0.2) is 9.13 Å². The van der Waals surface area contributed by atoms with E-state index in [9.17, 15) is 0 Å². The van der Waals surface area contributed by atoms with Crippen LogP contribution in [0.3, 0.4) is 0 Å². The molecule has 0 unspecified atom stereocenters. The lowest BCUT2D eigenvalue weighted by atomic mass is 9.93. The van der Waals surface area contributed by atoms with Crippen molar-refractivity contribution < 1.29 is 14.0 Å². The lowest BCUT2D eigenvalue weighted by Crippen LogP contribution is -2.35. The molecule has 1 heterocycles. The zero-order chi connectivity index (χ0) is 15.9. The predicted octanol–water partition coefficient (Wildman–Crippen LogP) is 3.00. The summed E-state index contributed by atoms with van der Waals surface area (Å²) < 4.78 is 15.6. The third-order valence-electron chi connectivity index (χ3n) is 3.33. The Bertz CT molecular complexity index is 400. The van der Waals surface area contributed by atoms with Gasteiger partial charge in [0.1, 0.15) is 24.5 Å². The molecular weight excluding hydrogens is 264 g/mol. The van der Waals surface area contributed by atoms with E-state index >= 15 is 0 Å². The van der Waals surface area contributed by atoms with Crippen LogP contribution in [-0.2, 0) is 21.6 Å². The van der Waals surface area contributed by atoms with E-state index in [0.29, 0.717) is 18.6 Å². The number of hydrogen-bond donors (Lipinski definition) is 0. The number of hydrogen-bond acceptors (Lipinski definition) is 2.